The van der Waals surface area contributed by atoms with Crippen LogP contribution in [-0.2, 0) is 14.3 Å². The summed E-state index contributed by atoms with van der Waals surface area (Å²) in [6.07, 6.45) is 7.80. The van der Waals surface area contributed by atoms with E-state index in [1.807, 2.05) is 0 Å². The zero-order valence-electron chi connectivity index (χ0n) is 10.8. The van der Waals surface area contributed by atoms with E-state index in [2.05, 4.69) is 29.5 Å². The summed E-state index contributed by atoms with van der Waals surface area (Å²) < 4.78 is 11.3. The van der Waals surface area contributed by atoms with Gasteiger partial charge >= 0.3 is 5.97 Å². The van der Waals surface area contributed by atoms with Crippen molar-refractivity contribution in [2.75, 3.05) is 7.11 Å². The predicted octanol–water partition coefficient (Wildman–Crippen LogP) is 3.48. The van der Waals surface area contributed by atoms with Crippen LogP contribution in [-0.4, -0.2) is 29.2 Å². The minimum absolute atomic E-state index is 0.0695. The molecule has 1 rings (SSSR count). The van der Waals surface area contributed by atoms with Crippen LogP contribution in [0.25, 0.3) is 0 Å². The van der Waals surface area contributed by atoms with Crippen LogP contribution in [0.3, 0.4) is 0 Å². The van der Waals surface area contributed by atoms with Gasteiger partial charge in [0, 0.05) is 3.92 Å². The predicted molar refractivity (Wildman–Crippen MR) is 76.5 cm³/mol. The molecular formula is C13H23IO3. The molecule has 1 aliphatic heterocycles. The van der Waals surface area contributed by atoms with E-state index < -0.39 is 0 Å². The minimum atomic E-state index is -0.158. The molecule has 0 saturated carbocycles. The third-order valence-electron chi connectivity index (χ3n) is 3.24. The van der Waals surface area contributed by atoms with Crippen molar-refractivity contribution in [1.29, 1.82) is 0 Å². The number of halogens is 1. The lowest BCUT2D eigenvalue weighted by Gasteiger charge is -2.32. The van der Waals surface area contributed by atoms with E-state index in [4.69, 9.17) is 9.47 Å². The van der Waals surface area contributed by atoms with Crippen LogP contribution in [0.1, 0.15) is 51.9 Å². The lowest BCUT2D eigenvalue weighted by atomic mass is 9.98. The Bertz CT molecular complexity index is 233. The summed E-state index contributed by atoms with van der Waals surface area (Å²) >= 11 is 2.50. The van der Waals surface area contributed by atoms with Gasteiger partial charge in [-0.25, -0.2) is 0 Å². The fraction of sp³-hybridized carbons (Fsp3) is 0.923. The van der Waals surface area contributed by atoms with Crippen molar-refractivity contribution < 1.29 is 14.3 Å². The SMILES string of the molecule is CCCCC(I)[C@@H]1CCC[C@H](CC(=O)OC)O1. The van der Waals surface area contributed by atoms with Gasteiger partial charge in [-0.1, -0.05) is 42.4 Å². The number of ether oxygens (including phenoxy) is 2. The number of esters is 1. The molecule has 1 heterocycles. The summed E-state index contributed by atoms with van der Waals surface area (Å²) in [7, 11) is 1.44. The fourth-order valence-electron chi connectivity index (χ4n) is 2.20. The summed E-state index contributed by atoms with van der Waals surface area (Å²) in [5, 5.41) is 0. The van der Waals surface area contributed by atoms with Gasteiger partial charge in [-0.05, 0) is 25.7 Å². The molecule has 100 valence electrons. The Morgan fingerprint density at radius 2 is 2.29 bits per heavy atom. The van der Waals surface area contributed by atoms with Crippen LogP contribution in [0.2, 0.25) is 0 Å². The number of methoxy groups -OCH3 is 1. The molecule has 3 atom stereocenters. The number of carbonyl (C=O) groups excluding carboxylic acids is 1. The zero-order chi connectivity index (χ0) is 12.7. The first-order chi connectivity index (χ1) is 8.17. The topological polar surface area (TPSA) is 35.5 Å². The Labute approximate surface area is 118 Å². The standard InChI is InChI=1S/C13H23IO3/c1-3-4-7-11(14)12-8-5-6-10(17-12)9-13(15)16-2/h10-12H,3-9H2,1-2H3/t10-,11?,12+/m1/s1. The van der Waals surface area contributed by atoms with Gasteiger partial charge in [0.2, 0.25) is 0 Å². The average molecular weight is 354 g/mol. The number of hydrogen-bond acceptors (Lipinski definition) is 3. The summed E-state index contributed by atoms with van der Waals surface area (Å²) in [5.74, 6) is -0.158. The minimum Gasteiger partial charge on any atom is -0.469 e. The van der Waals surface area contributed by atoms with Gasteiger partial charge in [0.05, 0.1) is 25.7 Å². The first kappa shape index (κ1) is 15.2. The van der Waals surface area contributed by atoms with Gasteiger partial charge in [0.15, 0.2) is 0 Å². The van der Waals surface area contributed by atoms with Gasteiger partial charge in [-0.3, -0.25) is 4.79 Å². The van der Waals surface area contributed by atoms with E-state index >= 15 is 0 Å². The van der Waals surface area contributed by atoms with Gasteiger partial charge < -0.3 is 9.47 Å². The monoisotopic (exact) mass is 354 g/mol. The molecule has 0 bridgehead atoms. The van der Waals surface area contributed by atoms with Crippen LogP contribution >= 0.6 is 22.6 Å². The third-order valence-corrected chi connectivity index (χ3v) is 4.67. The first-order valence-electron chi connectivity index (χ1n) is 6.53. The Morgan fingerprint density at radius 3 is 2.94 bits per heavy atom. The van der Waals surface area contributed by atoms with Crippen LogP contribution in [0.5, 0.6) is 0 Å². The molecule has 0 aromatic rings. The second kappa shape index (κ2) is 8.29. The molecule has 1 fully saturated rings. The highest BCUT2D eigenvalue weighted by atomic mass is 127. The Kier molecular flexibility index (Phi) is 7.43. The van der Waals surface area contributed by atoms with Gasteiger partial charge in [-0.15, -0.1) is 0 Å². The molecule has 0 aromatic carbocycles. The summed E-state index contributed by atoms with van der Waals surface area (Å²) in [5.41, 5.74) is 0. The molecule has 3 nitrogen and oxygen atoms in total. The molecule has 0 radical (unpaired) electrons. The number of hydrogen-bond donors (Lipinski definition) is 0. The lowest BCUT2D eigenvalue weighted by molar-refractivity contribution is -0.146. The Balaban J connectivity index is 2.34. The molecule has 0 spiro atoms. The summed E-state index contributed by atoms with van der Waals surface area (Å²) in [6, 6.07) is 0. The number of carbonyl (C=O) groups is 1. The van der Waals surface area contributed by atoms with Crippen molar-refractivity contribution in [1.82, 2.24) is 0 Å². The van der Waals surface area contributed by atoms with E-state index in [1.54, 1.807) is 0 Å². The normalized spacial score (nSPS) is 26.5. The quantitative estimate of drug-likeness (QED) is 0.416. The van der Waals surface area contributed by atoms with E-state index in [0.29, 0.717) is 16.4 Å². The molecule has 1 aliphatic rings. The smallest absolute Gasteiger partial charge is 0.308 e. The molecular weight excluding hydrogens is 331 g/mol. The van der Waals surface area contributed by atoms with Gasteiger partial charge in [0.1, 0.15) is 0 Å². The maximum atomic E-state index is 11.2. The highest BCUT2D eigenvalue weighted by molar-refractivity contribution is 14.1. The van der Waals surface area contributed by atoms with Crippen molar-refractivity contribution in [2.24, 2.45) is 0 Å². The summed E-state index contributed by atoms with van der Waals surface area (Å²) in [4.78, 5) is 11.2. The largest absolute Gasteiger partial charge is 0.469 e. The lowest BCUT2D eigenvalue weighted by Crippen LogP contribution is -2.35. The summed E-state index contributed by atoms with van der Waals surface area (Å²) in [6.45, 7) is 2.21. The second-order valence-electron chi connectivity index (χ2n) is 4.67. The van der Waals surface area contributed by atoms with Crippen molar-refractivity contribution in [3.05, 3.63) is 0 Å². The number of unbranched alkanes of at least 4 members (excludes halogenated alkanes) is 1. The van der Waals surface area contributed by atoms with Crippen molar-refractivity contribution in [2.45, 2.75) is 68.0 Å². The number of alkyl halides is 1. The van der Waals surface area contributed by atoms with Gasteiger partial charge in [-0.2, -0.15) is 0 Å². The van der Waals surface area contributed by atoms with E-state index in [0.717, 1.165) is 19.3 Å². The van der Waals surface area contributed by atoms with Crippen molar-refractivity contribution in [3.8, 4) is 0 Å². The molecule has 0 aliphatic carbocycles. The molecule has 17 heavy (non-hydrogen) atoms. The average Bonchev–Trinajstić information content (AvgIpc) is 2.36. The fourth-order valence-corrected chi connectivity index (χ4v) is 3.17. The maximum absolute atomic E-state index is 11.2. The first-order valence-corrected chi connectivity index (χ1v) is 7.78. The van der Waals surface area contributed by atoms with Crippen LogP contribution in [0.15, 0.2) is 0 Å². The Hall–Kier alpha value is 0.160. The third kappa shape index (κ3) is 5.55. The highest BCUT2D eigenvalue weighted by Gasteiger charge is 2.28. The molecule has 4 heteroatoms. The second-order valence-corrected chi connectivity index (χ2v) is 6.27. The number of rotatable bonds is 6. The molecule has 1 saturated heterocycles. The van der Waals surface area contributed by atoms with Crippen LogP contribution < -0.4 is 0 Å². The molecule has 0 N–H and O–H groups in total. The van der Waals surface area contributed by atoms with E-state index in [9.17, 15) is 4.79 Å². The molecule has 1 unspecified atom stereocenters. The van der Waals surface area contributed by atoms with E-state index in [1.165, 1.54) is 26.4 Å². The van der Waals surface area contributed by atoms with Crippen LogP contribution in [0, 0.1) is 0 Å². The van der Waals surface area contributed by atoms with Crippen LogP contribution in [0.4, 0.5) is 0 Å². The highest BCUT2D eigenvalue weighted by Crippen LogP contribution is 2.29. The maximum Gasteiger partial charge on any atom is 0.308 e. The van der Waals surface area contributed by atoms with Gasteiger partial charge in [0.25, 0.3) is 0 Å². The molecule has 0 amide bonds. The zero-order valence-corrected chi connectivity index (χ0v) is 12.9. The van der Waals surface area contributed by atoms with E-state index in [-0.39, 0.29) is 12.1 Å². The van der Waals surface area contributed by atoms with Crippen molar-refractivity contribution in [3.63, 3.8) is 0 Å². The Morgan fingerprint density at radius 1 is 1.53 bits per heavy atom. The molecule has 0 aromatic heterocycles. The van der Waals surface area contributed by atoms with Crippen molar-refractivity contribution >= 4 is 28.6 Å².